The van der Waals surface area contributed by atoms with Gasteiger partial charge >= 0.3 is 35.9 Å². The van der Waals surface area contributed by atoms with Crippen molar-refractivity contribution in [1.82, 2.24) is 0 Å². The molecule has 0 spiro atoms. The van der Waals surface area contributed by atoms with E-state index in [-0.39, 0.29) is 0 Å². The van der Waals surface area contributed by atoms with E-state index in [0.717, 1.165) is 9.88 Å². The van der Waals surface area contributed by atoms with Crippen LogP contribution < -0.4 is 0 Å². The quantitative estimate of drug-likeness (QED) is 0.614. The fourth-order valence-corrected chi connectivity index (χ4v) is 0.857. The molecule has 0 atom stereocenters. The van der Waals surface area contributed by atoms with Gasteiger partial charge in [-0.2, -0.15) is 52.7 Å². The van der Waals surface area contributed by atoms with Gasteiger partial charge in [-0.25, -0.2) is 0 Å². The Morgan fingerprint density at radius 2 is 0.545 bits per heavy atom. The first-order chi connectivity index (χ1) is 9.37. The van der Waals surface area contributed by atoms with Crippen LogP contribution in [0.3, 0.4) is 0 Å². The smallest absolute Gasteiger partial charge is 0.192 e. The van der Waals surface area contributed by atoms with E-state index in [0.29, 0.717) is 0 Å². The van der Waals surface area contributed by atoms with Gasteiger partial charge in [-0.3, -0.25) is 0 Å². The van der Waals surface area contributed by atoms with Gasteiger partial charge in [0.1, 0.15) is 0 Å². The van der Waals surface area contributed by atoms with Gasteiger partial charge in [0.15, 0.2) is 0 Å². The molecule has 0 aromatic rings. The highest BCUT2D eigenvalue weighted by Gasteiger charge is 2.92. The third-order valence-electron chi connectivity index (χ3n) is 2.11. The number of alkyl halides is 12. The van der Waals surface area contributed by atoms with Crippen molar-refractivity contribution < 1.29 is 71.6 Å². The number of hydrogen-bond donors (Lipinski definition) is 0. The van der Waals surface area contributed by atoms with Gasteiger partial charge in [-0.1, -0.05) is 0 Å². The normalized spacial score (nSPS) is 16.1. The molecule has 16 heteroatoms. The molecule has 22 heavy (non-hydrogen) atoms. The van der Waals surface area contributed by atoms with Crippen molar-refractivity contribution in [3.63, 3.8) is 0 Å². The average molecular weight is 370 g/mol. The van der Waals surface area contributed by atoms with Gasteiger partial charge in [0, 0.05) is 0 Å². The highest BCUT2D eigenvalue weighted by atomic mass is 19.4. The molecule has 0 amide bonds. The van der Waals surface area contributed by atoms with Crippen LogP contribution in [0.2, 0.25) is 0 Å². The van der Waals surface area contributed by atoms with Gasteiger partial charge in [0.25, 0.3) is 0 Å². The Kier molecular flexibility index (Phi) is 4.99. The van der Waals surface area contributed by atoms with E-state index in [1.165, 1.54) is 0 Å². The standard InChI is InChI=1S/C6F14O2/c7-1(8,3(11,12)5(15,16)21-19)2(9,10)4(13,14)6(17,18)22-20. The summed E-state index contributed by atoms with van der Waals surface area (Å²) in [5.41, 5.74) is 0. The summed E-state index contributed by atoms with van der Waals surface area (Å²) in [6.45, 7) is 0. The lowest BCUT2D eigenvalue weighted by molar-refractivity contribution is -0.510. The summed E-state index contributed by atoms with van der Waals surface area (Å²) in [5.74, 6) is -31.6. The molecule has 0 bridgehead atoms. The van der Waals surface area contributed by atoms with Crippen LogP contribution in [0.4, 0.5) is 61.7 Å². The second-order valence-electron chi connectivity index (χ2n) is 3.49. The highest BCUT2D eigenvalue weighted by Crippen LogP contribution is 2.60. The molecule has 0 rings (SSSR count). The minimum atomic E-state index is -8.04. The number of halogens is 14. The van der Waals surface area contributed by atoms with E-state index in [1.807, 2.05) is 0 Å². The molecule has 0 heterocycles. The lowest BCUT2D eigenvalue weighted by atomic mass is 9.97. The van der Waals surface area contributed by atoms with Crippen LogP contribution in [-0.2, 0) is 9.88 Å². The topological polar surface area (TPSA) is 18.5 Å². The van der Waals surface area contributed by atoms with Gasteiger partial charge in [-0.05, 0) is 9.05 Å². The molecule has 0 fully saturated rings. The van der Waals surface area contributed by atoms with Crippen LogP contribution in [0.1, 0.15) is 0 Å². The van der Waals surface area contributed by atoms with Crippen molar-refractivity contribution in [3.8, 4) is 0 Å². The predicted molar refractivity (Wildman–Crippen MR) is 34.1 cm³/mol. The minimum Gasteiger partial charge on any atom is -0.192 e. The summed E-state index contributed by atoms with van der Waals surface area (Å²) in [6.07, 6.45) is -14.2. The molecular formula is C6F14O2. The fourth-order valence-electron chi connectivity index (χ4n) is 0.857. The first-order valence-electron chi connectivity index (χ1n) is 4.23. The monoisotopic (exact) mass is 370 g/mol. The van der Waals surface area contributed by atoms with Gasteiger partial charge < -0.3 is 0 Å². The predicted octanol–water partition coefficient (Wildman–Crippen LogP) is 4.52. The van der Waals surface area contributed by atoms with E-state index in [9.17, 15) is 61.7 Å². The van der Waals surface area contributed by atoms with Crippen LogP contribution in [0.5, 0.6) is 0 Å². The molecule has 0 N–H and O–H groups in total. The molecular weight excluding hydrogens is 370 g/mol. The Hall–Kier alpha value is -1.06. The average Bonchev–Trinajstić information content (AvgIpc) is 2.37. The largest absolute Gasteiger partial charge is 0.455 e. The molecule has 134 valence electrons. The van der Waals surface area contributed by atoms with E-state index < -0.39 is 35.9 Å². The number of hydrogen-bond acceptors (Lipinski definition) is 2. The minimum absolute atomic E-state index is 0.974. The second kappa shape index (κ2) is 5.24. The summed E-state index contributed by atoms with van der Waals surface area (Å²) >= 11 is 0. The Balaban J connectivity index is 6.19. The third-order valence-corrected chi connectivity index (χ3v) is 2.11. The van der Waals surface area contributed by atoms with E-state index in [4.69, 9.17) is 0 Å². The van der Waals surface area contributed by atoms with Crippen molar-refractivity contribution in [1.29, 1.82) is 0 Å². The van der Waals surface area contributed by atoms with Gasteiger partial charge in [0.05, 0.1) is 0 Å². The first kappa shape index (κ1) is 20.9. The van der Waals surface area contributed by atoms with Crippen LogP contribution in [-0.4, -0.2) is 35.9 Å². The molecule has 2 nitrogen and oxygen atoms in total. The summed E-state index contributed by atoms with van der Waals surface area (Å²) in [6, 6.07) is 0. The lowest BCUT2D eigenvalue weighted by Crippen LogP contribution is -2.70. The van der Waals surface area contributed by atoms with Crippen molar-refractivity contribution in [2.75, 3.05) is 0 Å². The van der Waals surface area contributed by atoms with Crippen molar-refractivity contribution in [3.05, 3.63) is 0 Å². The zero-order valence-electron chi connectivity index (χ0n) is 9.11. The Morgan fingerprint density at radius 1 is 0.364 bits per heavy atom. The molecule has 0 unspecified atom stereocenters. The molecule has 0 aromatic carbocycles. The molecule has 0 aliphatic carbocycles. The lowest BCUT2D eigenvalue weighted by Gasteiger charge is -2.38. The van der Waals surface area contributed by atoms with E-state index in [1.54, 1.807) is 0 Å². The Labute approximate surface area is 109 Å². The molecule has 0 aromatic heterocycles. The first-order valence-corrected chi connectivity index (χ1v) is 4.23. The Morgan fingerprint density at radius 3 is 0.682 bits per heavy atom. The van der Waals surface area contributed by atoms with Gasteiger partial charge in [-0.15, -0.1) is 9.88 Å². The molecule has 0 saturated carbocycles. The summed E-state index contributed by atoms with van der Waals surface area (Å²) in [7, 11) is 0. The highest BCUT2D eigenvalue weighted by molar-refractivity contribution is 5.08. The molecule has 0 aliphatic heterocycles. The van der Waals surface area contributed by atoms with Gasteiger partial charge in [0.2, 0.25) is 0 Å². The van der Waals surface area contributed by atoms with Crippen molar-refractivity contribution in [2.45, 2.75) is 35.9 Å². The summed E-state index contributed by atoms with van der Waals surface area (Å²) in [5, 5.41) is 0. The molecule has 0 aliphatic rings. The maximum Gasteiger partial charge on any atom is 0.455 e. The van der Waals surface area contributed by atoms with Crippen LogP contribution in [0, 0.1) is 0 Å². The van der Waals surface area contributed by atoms with E-state index >= 15 is 0 Å². The molecule has 0 saturated heterocycles. The zero-order valence-corrected chi connectivity index (χ0v) is 9.11. The second-order valence-corrected chi connectivity index (χ2v) is 3.49. The third kappa shape index (κ3) is 2.44. The van der Waals surface area contributed by atoms with E-state index in [2.05, 4.69) is 0 Å². The van der Waals surface area contributed by atoms with Crippen LogP contribution in [0.25, 0.3) is 0 Å². The van der Waals surface area contributed by atoms with Crippen LogP contribution >= 0.6 is 0 Å². The summed E-state index contributed by atoms with van der Waals surface area (Å²) < 4.78 is 170. The van der Waals surface area contributed by atoms with Crippen molar-refractivity contribution >= 4 is 0 Å². The maximum atomic E-state index is 12.6. The van der Waals surface area contributed by atoms with Crippen LogP contribution in [0.15, 0.2) is 0 Å². The Bertz CT molecular complexity index is 364. The number of rotatable bonds is 7. The zero-order chi connectivity index (χ0) is 18.4. The maximum absolute atomic E-state index is 12.6. The molecule has 0 radical (unpaired) electrons. The summed E-state index contributed by atoms with van der Waals surface area (Å²) in [4.78, 5) is 1.95. The fraction of sp³-hybridized carbons (Fsp3) is 1.00. The SMILES string of the molecule is FOC(F)(F)C(F)(F)C(F)(F)C(F)(F)C(F)(F)C(F)(F)OF. The van der Waals surface area contributed by atoms with Crippen molar-refractivity contribution in [2.24, 2.45) is 0 Å².